The second-order valence-corrected chi connectivity index (χ2v) is 16.4. The van der Waals surface area contributed by atoms with Gasteiger partial charge in [-0.25, -0.2) is 4.57 Å². The van der Waals surface area contributed by atoms with Crippen LogP contribution in [0.15, 0.2) is 60.8 Å². The Kier molecular flexibility index (Phi) is 35.9. The molecule has 9 heteroatoms. The fraction of sp³-hybridized carbons (Fsp3) is 0.750. The summed E-state index contributed by atoms with van der Waals surface area (Å²) >= 11 is 0. The molecular weight excluding hydrogens is 685 g/mol. The zero-order chi connectivity index (χ0) is 39.1. The molecule has 0 aromatic rings. The van der Waals surface area contributed by atoms with Crippen LogP contribution in [0.3, 0.4) is 0 Å². The van der Waals surface area contributed by atoms with Crippen molar-refractivity contribution in [3.8, 4) is 0 Å². The summed E-state index contributed by atoms with van der Waals surface area (Å²) < 4.78 is 35.0. The van der Waals surface area contributed by atoms with Gasteiger partial charge in [0.2, 0.25) is 0 Å². The highest BCUT2D eigenvalue weighted by molar-refractivity contribution is 7.47. The van der Waals surface area contributed by atoms with Crippen LogP contribution in [0, 0.1) is 0 Å². The van der Waals surface area contributed by atoms with Gasteiger partial charge in [0.25, 0.3) is 0 Å². The number of rotatable bonds is 38. The van der Waals surface area contributed by atoms with E-state index in [4.69, 9.17) is 18.5 Å². The minimum absolute atomic E-state index is 0.0167. The largest absolute Gasteiger partial charge is 0.472 e. The Morgan fingerprint density at radius 2 is 1.09 bits per heavy atom. The van der Waals surface area contributed by atoms with Crippen LogP contribution in [-0.2, 0) is 27.9 Å². The highest BCUT2D eigenvalue weighted by Gasteiger charge is 2.25. The number of nitrogens with zero attached hydrogens (tertiary/aromatic N) is 1. The molecule has 1 N–H and O–H groups in total. The van der Waals surface area contributed by atoms with Crippen LogP contribution in [0.2, 0.25) is 0 Å². The van der Waals surface area contributed by atoms with Crippen molar-refractivity contribution < 1.29 is 37.3 Å². The quantitative estimate of drug-likeness (QED) is 0.0220. The fourth-order valence-corrected chi connectivity index (χ4v) is 6.02. The summed E-state index contributed by atoms with van der Waals surface area (Å²) in [6.45, 7) is 5.31. The average Bonchev–Trinajstić information content (AvgIpc) is 3.11. The Morgan fingerprint density at radius 3 is 1.64 bits per heavy atom. The smallest absolute Gasteiger partial charge is 0.463 e. The van der Waals surface area contributed by atoms with E-state index in [1.54, 1.807) is 0 Å². The van der Waals surface area contributed by atoms with Crippen molar-refractivity contribution in [2.24, 2.45) is 0 Å². The molecule has 0 saturated heterocycles. The van der Waals surface area contributed by atoms with Crippen molar-refractivity contribution >= 4 is 13.8 Å². The van der Waals surface area contributed by atoms with E-state index in [1.165, 1.54) is 51.4 Å². The number of phosphoric ester groups is 1. The summed E-state index contributed by atoms with van der Waals surface area (Å²) in [5, 5.41) is 0. The van der Waals surface area contributed by atoms with Crippen LogP contribution in [0.25, 0.3) is 0 Å². The third kappa shape index (κ3) is 41.2. The average molecular weight is 767 g/mol. The lowest BCUT2D eigenvalue weighted by atomic mass is 10.1. The van der Waals surface area contributed by atoms with Gasteiger partial charge in [-0.05, 0) is 77.0 Å². The Bertz CT molecular complexity index is 1030. The number of unbranched alkanes of at least 4 members (excludes halogenated alkanes) is 14. The van der Waals surface area contributed by atoms with E-state index in [0.717, 1.165) is 83.5 Å². The van der Waals surface area contributed by atoms with E-state index >= 15 is 0 Å². The van der Waals surface area contributed by atoms with Gasteiger partial charge >= 0.3 is 13.8 Å². The molecule has 53 heavy (non-hydrogen) atoms. The maximum absolute atomic E-state index is 12.5. The molecule has 0 aromatic heterocycles. The van der Waals surface area contributed by atoms with Crippen molar-refractivity contribution in [1.29, 1.82) is 0 Å². The standard InChI is InChI=1S/C44H80NO7P/c1-6-8-10-12-14-16-18-20-22-24-26-28-30-32-34-36-39-49-43(42-52-53(47,48)51-40-38-45(3,4)5)41-50-44(46)37-35-33-31-29-27-25-23-21-19-17-15-13-11-9-7-2/h8,10,14-17,20-23,43H,6-7,9,11-13,18-19,24-42H2,1-5H3/p+1/b10-8-,16-14-,17-15-,22-20-,23-21-/t43-/m1/s1. The molecule has 0 spiro atoms. The van der Waals surface area contributed by atoms with Gasteiger partial charge in [-0.2, -0.15) is 0 Å². The molecule has 0 aliphatic heterocycles. The third-order valence-electron chi connectivity index (χ3n) is 8.60. The lowest BCUT2D eigenvalue weighted by Crippen LogP contribution is -2.37. The molecule has 0 saturated carbocycles. The summed E-state index contributed by atoms with van der Waals surface area (Å²) in [4.78, 5) is 22.7. The van der Waals surface area contributed by atoms with Crippen LogP contribution in [0.5, 0.6) is 0 Å². The van der Waals surface area contributed by atoms with Gasteiger partial charge in [0.1, 0.15) is 25.9 Å². The molecule has 0 rings (SSSR count). The molecule has 0 radical (unpaired) electrons. The van der Waals surface area contributed by atoms with Crippen molar-refractivity contribution in [3.63, 3.8) is 0 Å². The van der Waals surface area contributed by atoms with Gasteiger partial charge in [0, 0.05) is 13.0 Å². The number of esters is 1. The molecule has 0 aromatic carbocycles. The molecule has 0 heterocycles. The Labute approximate surface area is 326 Å². The Hall–Kier alpha value is -1.80. The summed E-state index contributed by atoms with van der Waals surface area (Å²) in [5.41, 5.74) is 0. The fourth-order valence-electron chi connectivity index (χ4n) is 5.28. The van der Waals surface area contributed by atoms with E-state index in [2.05, 4.69) is 74.6 Å². The van der Waals surface area contributed by atoms with Crippen LogP contribution >= 0.6 is 7.82 Å². The number of likely N-dealkylation sites (N-methyl/N-ethyl adjacent to an activating group) is 1. The number of quaternary nitrogens is 1. The predicted molar refractivity (Wildman–Crippen MR) is 224 cm³/mol. The lowest BCUT2D eigenvalue weighted by molar-refractivity contribution is -0.870. The molecule has 0 amide bonds. The first-order valence-corrected chi connectivity index (χ1v) is 22.5. The normalized spacial score (nSPS) is 14.5. The minimum Gasteiger partial charge on any atom is -0.463 e. The Balaban J connectivity index is 4.31. The first kappa shape index (κ1) is 51.2. The van der Waals surface area contributed by atoms with E-state index in [1.807, 2.05) is 21.1 Å². The maximum atomic E-state index is 12.5. The van der Waals surface area contributed by atoms with Gasteiger partial charge < -0.3 is 18.9 Å². The van der Waals surface area contributed by atoms with E-state index in [9.17, 15) is 14.3 Å². The number of allylic oxidation sites excluding steroid dienone is 10. The number of hydrogen-bond acceptors (Lipinski definition) is 6. The molecule has 1 unspecified atom stereocenters. The molecule has 2 atom stereocenters. The zero-order valence-corrected chi connectivity index (χ0v) is 35.6. The van der Waals surface area contributed by atoms with Crippen LogP contribution < -0.4 is 0 Å². The van der Waals surface area contributed by atoms with Gasteiger partial charge in [-0.15, -0.1) is 0 Å². The molecule has 0 fully saturated rings. The number of carbonyl (C=O) groups excluding carboxylic acids is 1. The summed E-state index contributed by atoms with van der Waals surface area (Å²) in [6.07, 6.45) is 45.5. The van der Waals surface area contributed by atoms with Gasteiger partial charge in [-0.1, -0.05) is 132 Å². The van der Waals surface area contributed by atoms with Gasteiger partial charge in [-0.3, -0.25) is 13.8 Å². The number of ether oxygens (including phenoxy) is 2. The van der Waals surface area contributed by atoms with E-state index in [0.29, 0.717) is 24.1 Å². The SMILES string of the molecule is CC/C=C\C/C=C\C/C=C\CCCCCCCCO[C@H](COC(=O)CCCCCCC/C=C\C/C=C\CCCCC)COP(=O)(O)OCC[N+](C)(C)C. The number of hydrogen-bond donors (Lipinski definition) is 1. The third-order valence-corrected chi connectivity index (χ3v) is 9.58. The Morgan fingerprint density at radius 1 is 0.604 bits per heavy atom. The molecule has 0 bridgehead atoms. The van der Waals surface area contributed by atoms with E-state index < -0.39 is 13.9 Å². The lowest BCUT2D eigenvalue weighted by Gasteiger charge is -2.24. The predicted octanol–water partition coefficient (Wildman–Crippen LogP) is 12.2. The second kappa shape index (κ2) is 37.1. The molecular formula is C44H81NO7P+. The first-order chi connectivity index (χ1) is 25.6. The van der Waals surface area contributed by atoms with Crippen LogP contribution in [-0.4, -0.2) is 75.6 Å². The maximum Gasteiger partial charge on any atom is 0.472 e. The second-order valence-electron chi connectivity index (χ2n) is 15.0. The van der Waals surface area contributed by atoms with Crippen molar-refractivity contribution in [2.75, 3.05) is 54.1 Å². The van der Waals surface area contributed by atoms with Crippen LogP contribution in [0.1, 0.15) is 155 Å². The summed E-state index contributed by atoms with van der Waals surface area (Å²) in [6, 6.07) is 0. The molecule has 8 nitrogen and oxygen atoms in total. The van der Waals surface area contributed by atoms with Gasteiger partial charge in [0.05, 0.1) is 27.7 Å². The first-order valence-electron chi connectivity index (χ1n) is 21.0. The molecule has 308 valence electrons. The van der Waals surface area contributed by atoms with Crippen LogP contribution in [0.4, 0.5) is 0 Å². The molecule has 0 aliphatic carbocycles. The van der Waals surface area contributed by atoms with Crippen molar-refractivity contribution in [3.05, 3.63) is 60.8 Å². The number of carbonyl (C=O) groups is 1. The summed E-state index contributed by atoms with van der Waals surface area (Å²) in [7, 11) is 1.68. The monoisotopic (exact) mass is 767 g/mol. The topological polar surface area (TPSA) is 91.3 Å². The minimum atomic E-state index is -4.25. The van der Waals surface area contributed by atoms with E-state index in [-0.39, 0.29) is 25.8 Å². The van der Waals surface area contributed by atoms with Crippen molar-refractivity contribution in [1.82, 2.24) is 0 Å². The van der Waals surface area contributed by atoms with Gasteiger partial charge in [0.15, 0.2) is 0 Å². The summed E-state index contributed by atoms with van der Waals surface area (Å²) in [5.74, 6) is -0.276. The molecule has 0 aliphatic rings. The highest BCUT2D eigenvalue weighted by atomic mass is 31.2. The highest BCUT2D eigenvalue weighted by Crippen LogP contribution is 2.43. The zero-order valence-electron chi connectivity index (χ0n) is 34.7. The van der Waals surface area contributed by atoms with Crippen molar-refractivity contribution in [2.45, 2.75) is 161 Å². The number of phosphoric acid groups is 1.